The quantitative estimate of drug-likeness (QED) is 0.859. The van der Waals surface area contributed by atoms with E-state index >= 15 is 0 Å². The Morgan fingerprint density at radius 2 is 2.18 bits per heavy atom. The van der Waals surface area contributed by atoms with Gasteiger partial charge in [-0.25, -0.2) is 4.98 Å². The van der Waals surface area contributed by atoms with Crippen LogP contribution in [0.15, 0.2) is 24.3 Å². The van der Waals surface area contributed by atoms with Gasteiger partial charge in [0.15, 0.2) is 0 Å². The van der Waals surface area contributed by atoms with E-state index < -0.39 is 0 Å². The Labute approximate surface area is 128 Å². The summed E-state index contributed by atoms with van der Waals surface area (Å²) >= 11 is 0. The second-order valence-corrected chi connectivity index (χ2v) is 6.39. The van der Waals surface area contributed by atoms with E-state index in [1.54, 1.807) is 0 Å². The van der Waals surface area contributed by atoms with Crippen molar-refractivity contribution in [3.8, 4) is 0 Å². The lowest BCUT2D eigenvalue weighted by Crippen LogP contribution is -2.35. The maximum atomic E-state index is 9.83. The Kier molecular flexibility index (Phi) is 3.32. The highest BCUT2D eigenvalue weighted by Gasteiger charge is 2.51. The molecule has 0 amide bonds. The van der Waals surface area contributed by atoms with Gasteiger partial charge in [-0.3, -0.25) is 0 Å². The van der Waals surface area contributed by atoms with Gasteiger partial charge in [0.2, 0.25) is 5.95 Å². The zero-order chi connectivity index (χ0) is 15.2. The second kappa shape index (κ2) is 5.22. The van der Waals surface area contributed by atoms with E-state index in [9.17, 15) is 10.2 Å². The van der Waals surface area contributed by atoms with Crippen LogP contribution in [0, 0.1) is 11.3 Å². The van der Waals surface area contributed by atoms with Crippen molar-refractivity contribution in [2.45, 2.75) is 6.54 Å². The van der Waals surface area contributed by atoms with Gasteiger partial charge < -0.3 is 24.4 Å². The summed E-state index contributed by atoms with van der Waals surface area (Å²) in [7, 11) is 0. The number of hydrogen-bond acceptors (Lipinski definition) is 5. The molecule has 0 radical (unpaired) electrons. The predicted molar refractivity (Wildman–Crippen MR) is 82.9 cm³/mol. The number of aliphatic hydroxyl groups excluding tert-OH is 2. The fourth-order valence-electron chi connectivity index (χ4n) is 3.83. The summed E-state index contributed by atoms with van der Waals surface area (Å²) in [4.78, 5) is 7.00. The third-order valence-corrected chi connectivity index (χ3v) is 5.08. The van der Waals surface area contributed by atoms with E-state index in [0.29, 0.717) is 25.7 Å². The Morgan fingerprint density at radius 1 is 1.32 bits per heavy atom. The molecule has 2 aromatic rings. The molecule has 0 saturated carbocycles. The first-order valence-electron chi connectivity index (χ1n) is 7.77. The largest absolute Gasteiger partial charge is 0.396 e. The number of imidazole rings is 1. The molecule has 3 heterocycles. The first-order valence-corrected chi connectivity index (χ1v) is 7.77. The predicted octanol–water partition coefficient (Wildman–Crippen LogP) is 0.474. The zero-order valence-electron chi connectivity index (χ0n) is 12.5. The number of nitrogens with zero attached hydrogens (tertiary/aromatic N) is 3. The molecular weight excluding hydrogens is 282 g/mol. The summed E-state index contributed by atoms with van der Waals surface area (Å²) in [6.07, 6.45) is 0. The summed E-state index contributed by atoms with van der Waals surface area (Å²) in [5.41, 5.74) is 1.82. The minimum Gasteiger partial charge on any atom is -0.396 e. The summed E-state index contributed by atoms with van der Waals surface area (Å²) in [5.74, 6) is 1.23. The summed E-state index contributed by atoms with van der Waals surface area (Å²) < 4.78 is 7.64. The van der Waals surface area contributed by atoms with Crippen molar-refractivity contribution in [1.29, 1.82) is 0 Å². The Bertz CT molecular complexity index is 686. The molecule has 6 nitrogen and oxygen atoms in total. The Morgan fingerprint density at radius 3 is 2.95 bits per heavy atom. The smallest absolute Gasteiger partial charge is 0.206 e. The molecule has 2 aliphatic heterocycles. The van der Waals surface area contributed by atoms with Gasteiger partial charge in [0.05, 0.1) is 37.5 Å². The highest BCUT2D eigenvalue weighted by molar-refractivity contribution is 5.79. The van der Waals surface area contributed by atoms with Gasteiger partial charge >= 0.3 is 0 Å². The standard InChI is InChI=1S/C16H21N3O3/c20-6-5-19-14-4-2-1-3-13(14)17-15(19)18-7-12-8-22-11-16(12,9-18)10-21/h1-4,12,20-21H,5-11H2/t12-,16-/m0/s1. The van der Waals surface area contributed by atoms with Gasteiger partial charge in [-0.1, -0.05) is 12.1 Å². The average Bonchev–Trinajstić information content (AvgIpc) is 3.18. The zero-order valence-corrected chi connectivity index (χ0v) is 12.5. The van der Waals surface area contributed by atoms with Crippen molar-refractivity contribution in [3.05, 3.63) is 24.3 Å². The van der Waals surface area contributed by atoms with Crippen LogP contribution in [0.1, 0.15) is 0 Å². The number of ether oxygens (including phenoxy) is 1. The molecule has 118 valence electrons. The van der Waals surface area contributed by atoms with Crippen molar-refractivity contribution >= 4 is 17.0 Å². The van der Waals surface area contributed by atoms with Crippen LogP contribution >= 0.6 is 0 Å². The minimum absolute atomic E-state index is 0.0822. The molecule has 2 saturated heterocycles. The number of fused-ring (bicyclic) bond motifs is 2. The topological polar surface area (TPSA) is 70.8 Å². The van der Waals surface area contributed by atoms with Crippen molar-refractivity contribution in [2.75, 3.05) is 44.4 Å². The Balaban J connectivity index is 1.74. The van der Waals surface area contributed by atoms with Crippen molar-refractivity contribution in [3.63, 3.8) is 0 Å². The van der Waals surface area contributed by atoms with Gasteiger partial charge in [-0.2, -0.15) is 0 Å². The van der Waals surface area contributed by atoms with Crippen molar-refractivity contribution < 1.29 is 14.9 Å². The lowest BCUT2D eigenvalue weighted by Gasteiger charge is -2.25. The number of benzene rings is 1. The molecule has 2 atom stereocenters. The third-order valence-electron chi connectivity index (χ3n) is 5.08. The van der Waals surface area contributed by atoms with Gasteiger partial charge in [0.1, 0.15) is 0 Å². The highest BCUT2D eigenvalue weighted by Crippen LogP contribution is 2.42. The molecule has 4 rings (SSSR count). The van der Waals surface area contributed by atoms with Crippen LogP contribution in [0.25, 0.3) is 11.0 Å². The van der Waals surface area contributed by atoms with Crippen LogP contribution in [0.5, 0.6) is 0 Å². The van der Waals surface area contributed by atoms with Crippen molar-refractivity contribution in [1.82, 2.24) is 9.55 Å². The highest BCUT2D eigenvalue weighted by atomic mass is 16.5. The van der Waals surface area contributed by atoms with Crippen LogP contribution in [0.2, 0.25) is 0 Å². The molecular formula is C16H21N3O3. The number of anilines is 1. The number of aromatic nitrogens is 2. The van der Waals surface area contributed by atoms with E-state index in [0.717, 1.165) is 30.1 Å². The molecule has 0 spiro atoms. The molecule has 0 unspecified atom stereocenters. The maximum Gasteiger partial charge on any atom is 0.206 e. The lowest BCUT2D eigenvalue weighted by molar-refractivity contribution is 0.0988. The van der Waals surface area contributed by atoms with Gasteiger partial charge in [0.25, 0.3) is 0 Å². The average molecular weight is 303 g/mol. The number of para-hydroxylation sites is 2. The van der Waals surface area contributed by atoms with E-state index in [1.165, 1.54) is 0 Å². The molecule has 1 aromatic carbocycles. The fraction of sp³-hybridized carbons (Fsp3) is 0.562. The molecule has 0 bridgehead atoms. The number of hydrogen-bond donors (Lipinski definition) is 2. The molecule has 22 heavy (non-hydrogen) atoms. The van der Waals surface area contributed by atoms with Crippen LogP contribution in [-0.2, 0) is 11.3 Å². The summed E-state index contributed by atoms with van der Waals surface area (Å²) in [6.45, 7) is 3.67. The van der Waals surface area contributed by atoms with Gasteiger partial charge in [-0.05, 0) is 12.1 Å². The normalized spacial score (nSPS) is 27.7. The minimum atomic E-state index is -0.165. The van der Waals surface area contributed by atoms with Crippen LogP contribution < -0.4 is 4.90 Å². The lowest BCUT2D eigenvalue weighted by atomic mass is 9.82. The van der Waals surface area contributed by atoms with Crippen LogP contribution in [-0.4, -0.2) is 59.3 Å². The summed E-state index contributed by atoms with van der Waals surface area (Å²) in [6, 6.07) is 7.99. The Hall–Kier alpha value is -1.63. The van der Waals surface area contributed by atoms with E-state index in [2.05, 4.69) is 9.47 Å². The SMILES string of the molecule is OCCn1c(N2C[C@H]3COC[C@@]3(CO)C2)nc2ccccc21. The molecule has 2 aliphatic rings. The van der Waals surface area contributed by atoms with Crippen molar-refractivity contribution in [2.24, 2.45) is 11.3 Å². The van der Waals surface area contributed by atoms with E-state index in [4.69, 9.17) is 9.72 Å². The summed E-state index contributed by atoms with van der Waals surface area (Å²) in [5, 5.41) is 19.2. The maximum absolute atomic E-state index is 9.83. The monoisotopic (exact) mass is 303 g/mol. The molecule has 2 fully saturated rings. The van der Waals surface area contributed by atoms with E-state index in [1.807, 2.05) is 24.3 Å². The van der Waals surface area contributed by atoms with Gasteiger partial charge in [0, 0.05) is 31.0 Å². The van der Waals surface area contributed by atoms with E-state index in [-0.39, 0.29) is 18.6 Å². The first-order chi connectivity index (χ1) is 10.8. The first kappa shape index (κ1) is 14.0. The number of rotatable bonds is 4. The number of aliphatic hydroxyl groups is 2. The fourth-order valence-corrected chi connectivity index (χ4v) is 3.83. The molecule has 0 aliphatic carbocycles. The van der Waals surface area contributed by atoms with Crippen LogP contribution in [0.3, 0.4) is 0 Å². The third kappa shape index (κ3) is 1.95. The second-order valence-electron chi connectivity index (χ2n) is 6.39. The van der Waals surface area contributed by atoms with Gasteiger partial charge in [-0.15, -0.1) is 0 Å². The molecule has 2 N–H and O–H groups in total. The molecule has 1 aromatic heterocycles. The van der Waals surface area contributed by atoms with Crippen LogP contribution in [0.4, 0.5) is 5.95 Å². The molecule has 6 heteroatoms.